The number of rotatable bonds is 6. The first kappa shape index (κ1) is 19.0. The Morgan fingerprint density at radius 2 is 1.54 bits per heavy atom. The van der Waals surface area contributed by atoms with E-state index in [1.165, 1.54) is 29.8 Å². The van der Waals surface area contributed by atoms with E-state index in [2.05, 4.69) is 4.90 Å². The summed E-state index contributed by atoms with van der Waals surface area (Å²) in [7, 11) is -3.43. The minimum atomic E-state index is -3.43. The van der Waals surface area contributed by atoms with Crippen molar-refractivity contribution in [2.75, 3.05) is 48.2 Å². The van der Waals surface area contributed by atoms with Crippen LogP contribution in [0.5, 0.6) is 0 Å². The molecule has 0 saturated carbocycles. The normalized spacial score (nSPS) is 18.2. The lowest BCUT2D eigenvalue weighted by Gasteiger charge is -2.28. The van der Waals surface area contributed by atoms with Crippen LogP contribution >= 0.6 is 0 Å². The molecule has 7 heteroatoms. The van der Waals surface area contributed by atoms with Gasteiger partial charge in [0.15, 0.2) is 0 Å². The van der Waals surface area contributed by atoms with Gasteiger partial charge in [0.25, 0.3) is 0 Å². The maximum Gasteiger partial charge on any atom is 0.232 e. The first-order valence-corrected chi connectivity index (χ1v) is 11.4. The number of hydrogen-bond acceptors (Lipinski definition) is 4. The fourth-order valence-electron chi connectivity index (χ4n) is 3.79. The van der Waals surface area contributed by atoms with Gasteiger partial charge in [-0.25, -0.2) is 8.42 Å². The fourth-order valence-corrected chi connectivity index (χ4v) is 4.72. The van der Waals surface area contributed by atoms with Gasteiger partial charge in [0, 0.05) is 44.8 Å². The first-order chi connectivity index (χ1) is 12.4. The van der Waals surface area contributed by atoms with Gasteiger partial charge < -0.3 is 9.80 Å². The van der Waals surface area contributed by atoms with Crippen LogP contribution in [0.2, 0.25) is 0 Å². The van der Waals surface area contributed by atoms with Gasteiger partial charge in [-0.15, -0.1) is 0 Å². The number of benzene rings is 1. The Kier molecular flexibility index (Phi) is 6.06. The van der Waals surface area contributed by atoms with E-state index >= 15 is 0 Å². The molecule has 26 heavy (non-hydrogen) atoms. The van der Waals surface area contributed by atoms with E-state index in [0.717, 1.165) is 44.7 Å². The van der Waals surface area contributed by atoms with E-state index in [4.69, 9.17) is 0 Å². The summed E-state index contributed by atoms with van der Waals surface area (Å²) >= 11 is 0. The average molecular weight is 380 g/mol. The second-order valence-electron chi connectivity index (χ2n) is 7.24. The van der Waals surface area contributed by atoms with E-state index in [1.807, 2.05) is 29.2 Å². The lowest BCUT2D eigenvalue weighted by molar-refractivity contribution is -0.131. The average Bonchev–Trinajstić information content (AvgIpc) is 3.16. The van der Waals surface area contributed by atoms with E-state index in [0.29, 0.717) is 5.69 Å². The molecule has 0 spiro atoms. The number of hydrogen-bond donors (Lipinski definition) is 0. The van der Waals surface area contributed by atoms with Gasteiger partial charge in [-0.1, -0.05) is 0 Å². The quantitative estimate of drug-likeness (QED) is 0.762. The molecular weight excluding hydrogens is 350 g/mol. The maximum atomic E-state index is 12.4. The van der Waals surface area contributed by atoms with Crippen LogP contribution < -0.4 is 9.21 Å². The summed E-state index contributed by atoms with van der Waals surface area (Å²) in [6.45, 7) is 3.89. The fraction of sp³-hybridized carbons (Fsp3) is 0.632. The minimum absolute atomic E-state index is 0.0482. The summed E-state index contributed by atoms with van der Waals surface area (Å²) in [5.74, 6) is 0.0482. The van der Waals surface area contributed by atoms with Gasteiger partial charge in [-0.3, -0.25) is 9.10 Å². The standard InChI is InChI=1S/C19H29N3O3S/c1-26(24,25)22(16-11-19(23)21-14-3-2-4-15-21)18-9-7-17(8-10-18)20-12-5-6-13-20/h7-10H,2-6,11-16H2,1H3. The van der Waals surface area contributed by atoms with Crippen LogP contribution in [-0.4, -0.2) is 58.2 Å². The smallest absolute Gasteiger partial charge is 0.232 e. The first-order valence-electron chi connectivity index (χ1n) is 9.56. The van der Waals surface area contributed by atoms with Crippen LogP contribution in [0.15, 0.2) is 24.3 Å². The Bertz CT molecular complexity index is 706. The van der Waals surface area contributed by atoms with Crippen molar-refractivity contribution in [2.45, 2.75) is 38.5 Å². The predicted molar refractivity (Wildman–Crippen MR) is 105 cm³/mol. The molecular formula is C19H29N3O3S. The van der Waals surface area contributed by atoms with Crippen molar-refractivity contribution >= 4 is 27.3 Å². The molecule has 1 aromatic carbocycles. The molecule has 1 amide bonds. The molecule has 2 saturated heterocycles. The number of sulfonamides is 1. The Hall–Kier alpha value is -1.76. The number of amides is 1. The molecule has 144 valence electrons. The van der Waals surface area contributed by atoms with Crippen LogP contribution in [0.4, 0.5) is 11.4 Å². The van der Waals surface area contributed by atoms with Gasteiger partial charge >= 0.3 is 0 Å². The second kappa shape index (κ2) is 8.29. The highest BCUT2D eigenvalue weighted by Gasteiger charge is 2.22. The number of carbonyl (C=O) groups excluding carboxylic acids is 1. The third kappa shape index (κ3) is 4.69. The van der Waals surface area contributed by atoms with E-state index < -0.39 is 10.0 Å². The van der Waals surface area contributed by atoms with Crippen molar-refractivity contribution in [1.29, 1.82) is 0 Å². The van der Waals surface area contributed by atoms with E-state index in [-0.39, 0.29) is 18.9 Å². The molecule has 0 aliphatic carbocycles. The molecule has 2 heterocycles. The maximum absolute atomic E-state index is 12.4. The molecule has 3 rings (SSSR count). The minimum Gasteiger partial charge on any atom is -0.372 e. The van der Waals surface area contributed by atoms with Crippen LogP contribution in [0, 0.1) is 0 Å². The summed E-state index contributed by atoms with van der Waals surface area (Å²) in [5, 5.41) is 0. The SMILES string of the molecule is CS(=O)(=O)N(CCC(=O)N1CCCCC1)c1ccc(N2CCCC2)cc1. The molecule has 2 fully saturated rings. The van der Waals surface area contributed by atoms with Crippen LogP contribution in [0.1, 0.15) is 38.5 Å². The molecule has 0 unspecified atom stereocenters. The van der Waals surface area contributed by atoms with Crippen molar-refractivity contribution in [1.82, 2.24) is 4.90 Å². The van der Waals surface area contributed by atoms with Gasteiger partial charge in [-0.05, 0) is 56.4 Å². The molecule has 1 aromatic rings. The number of nitrogens with zero attached hydrogens (tertiary/aromatic N) is 3. The van der Waals surface area contributed by atoms with Gasteiger partial charge in [0.2, 0.25) is 15.9 Å². The van der Waals surface area contributed by atoms with Gasteiger partial charge in [0.05, 0.1) is 11.9 Å². The Morgan fingerprint density at radius 1 is 0.962 bits per heavy atom. The third-order valence-corrected chi connectivity index (χ3v) is 6.44. The van der Waals surface area contributed by atoms with Gasteiger partial charge in [0.1, 0.15) is 0 Å². The molecule has 0 atom stereocenters. The molecule has 0 aromatic heterocycles. The highest BCUT2D eigenvalue weighted by atomic mass is 32.2. The zero-order valence-electron chi connectivity index (χ0n) is 15.6. The number of piperidine rings is 1. The highest BCUT2D eigenvalue weighted by Crippen LogP contribution is 2.25. The predicted octanol–water partition coefficient (Wildman–Crippen LogP) is 2.46. The zero-order valence-corrected chi connectivity index (χ0v) is 16.4. The molecule has 0 N–H and O–H groups in total. The Balaban J connectivity index is 1.66. The number of anilines is 2. The molecule has 2 aliphatic heterocycles. The highest BCUT2D eigenvalue weighted by molar-refractivity contribution is 7.92. The van der Waals surface area contributed by atoms with Crippen LogP contribution in [0.3, 0.4) is 0 Å². The summed E-state index contributed by atoms with van der Waals surface area (Å²) in [4.78, 5) is 16.6. The molecule has 6 nitrogen and oxygen atoms in total. The largest absolute Gasteiger partial charge is 0.372 e. The van der Waals surface area contributed by atoms with Crippen LogP contribution in [0.25, 0.3) is 0 Å². The van der Waals surface area contributed by atoms with E-state index in [1.54, 1.807) is 0 Å². The van der Waals surface area contributed by atoms with Crippen LogP contribution in [-0.2, 0) is 14.8 Å². The van der Waals surface area contributed by atoms with E-state index in [9.17, 15) is 13.2 Å². The number of carbonyl (C=O) groups is 1. The Labute approximate surface area is 156 Å². The summed E-state index contributed by atoms with van der Waals surface area (Å²) in [6, 6.07) is 7.65. The third-order valence-electron chi connectivity index (χ3n) is 5.25. The molecule has 0 bridgehead atoms. The van der Waals surface area contributed by atoms with Crippen molar-refractivity contribution in [3.63, 3.8) is 0 Å². The monoisotopic (exact) mass is 379 g/mol. The van der Waals surface area contributed by atoms with Crippen molar-refractivity contribution in [3.8, 4) is 0 Å². The molecule has 0 radical (unpaired) electrons. The lowest BCUT2D eigenvalue weighted by atomic mass is 10.1. The molecule has 2 aliphatic rings. The summed E-state index contributed by atoms with van der Waals surface area (Å²) < 4.78 is 25.9. The Morgan fingerprint density at radius 3 is 2.12 bits per heavy atom. The summed E-state index contributed by atoms with van der Waals surface area (Å²) in [5.41, 5.74) is 1.76. The number of likely N-dealkylation sites (tertiary alicyclic amines) is 1. The second-order valence-corrected chi connectivity index (χ2v) is 9.14. The summed E-state index contributed by atoms with van der Waals surface area (Å²) in [6.07, 6.45) is 7.08. The lowest BCUT2D eigenvalue weighted by Crippen LogP contribution is -2.39. The zero-order chi connectivity index (χ0) is 18.6. The van der Waals surface area contributed by atoms with Gasteiger partial charge in [-0.2, -0.15) is 0 Å². The van der Waals surface area contributed by atoms with Crippen molar-refractivity contribution < 1.29 is 13.2 Å². The topological polar surface area (TPSA) is 60.9 Å². The van der Waals surface area contributed by atoms with Crippen molar-refractivity contribution in [2.24, 2.45) is 0 Å². The van der Waals surface area contributed by atoms with Crippen molar-refractivity contribution in [3.05, 3.63) is 24.3 Å².